The van der Waals surface area contributed by atoms with Gasteiger partial charge >= 0.3 is 0 Å². The van der Waals surface area contributed by atoms with Crippen LogP contribution < -0.4 is 5.32 Å². The average Bonchev–Trinajstić information content (AvgIpc) is 2.78. The van der Waals surface area contributed by atoms with Crippen LogP contribution in [-0.4, -0.2) is 22.1 Å². The van der Waals surface area contributed by atoms with E-state index in [1.807, 2.05) is 0 Å². The summed E-state index contributed by atoms with van der Waals surface area (Å²) < 4.78 is 4.99. The van der Waals surface area contributed by atoms with Gasteiger partial charge in [-0.2, -0.15) is 4.98 Å². The number of hydrogen-bond acceptors (Lipinski definition) is 6. The molecule has 17 heavy (non-hydrogen) atoms. The first-order valence-corrected chi connectivity index (χ1v) is 4.93. The summed E-state index contributed by atoms with van der Waals surface area (Å²) in [6.07, 6.45) is 0. The number of hydrogen-bond donors (Lipinski definition) is 1. The Balaban J connectivity index is 2.41. The molecule has 0 amide bonds. The van der Waals surface area contributed by atoms with Gasteiger partial charge in [-0.3, -0.25) is 10.1 Å². The fourth-order valence-electron chi connectivity index (χ4n) is 1.41. The number of nitro groups is 1. The molecule has 0 unspecified atom stereocenters. The van der Waals surface area contributed by atoms with Crippen LogP contribution in [0.25, 0.3) is 11.5 Å². The zero-order valence-corrected chi connectivity index (χ0v) is 9.08. The molecule has 1 aromatic heterocycles. The molecular weight excluding hydrogens is 224 g/mol. The van der Waals surface area contributed by atoms with Crippen molar-refractivity contribution >= 4 is 5.69 Å². The van der Waals surface area contributed by atoms with Gasteiger partial charge in [0.1, 0.15) is 5.56 Å². The maximum absolute atomic E-state index is 10.8. The van der Waals surface area contributed by atoms with Crippen molar-refractivity contribution in [2.75, 3.05) is 7.05 Å². The van der Waals surface area contributed by atoms with Gasteiger partial charge in [-0.1, -0.05) is 17.3 Å². The first-order chi connectivity index (χ1) is 8.22. The van der Waals surface area contributed by atoms with Gasteiger partial charge in [0.25, 0.3) is 11.6 Å². The summed E-state index contributed by atoms with van der Waals surface area (Å²) in [5.74, 6) is 0.614. The molecule has 1 aromatic carbocycles. The Bertz CT molecular complexity index is 538. The summed E-state index contributed by atoms with van der Waals surface area (Å²) in [6.45, 7) is 0.449. The van der Waals surface area contributed by atoms with Crippen LogP contribution in [0.4, 0.5) is 5.69 Å². The van der Waals surface area contributed by atoms with Crippen LogP contribution in [0.3, 0.4) is 0 Å². The van der Waals surface area contributed by atoms with E-state index in [9.17, 15) is 10.1 Å². The van der Waals surface area contributed by atoms with Crippen molar-refractivity contribution in [3.63, 3.8) is 0 Å². The summed E-state index contributed by atoms with van der Waals surface area (Å²) >= 11 is 0. The van der Waals surface area contributed by atoms with Crippen LogP contribution in [0.2, 0.25) is 0 Å². The molecule has 0 fully saturated rings. The van der Waals surface area contributed by atoms with Gasteiger partial charge in [0.2, 0.25) is 0 Å². The third-order valence-electron chi connectivity index (χ3n) is 2.13. The van der Waals surface area contributed by atoms with Crippen molar-refractivity contribution in [1.29, 1.82) is 0 Å². The molecule has 0 radical (unpaired) electrons. The maximum Gasteiger partial charge on any atom is 0.282 e. The van der Waals surface area contributed by atoms with E-state index in [1.165, 1.54) is 6.07 Å². The Morgan fingerprint density at radius 3 is 2.94 bits per heavy atom. The molecule has 88 valence electrons. The Morgan fingerprint density at radius 2 is 2.24 bits per heavy atom. The molecule has 0 bridgehead atoms. The topological polar surface area (TPSA) is 94.1 Å². The third kappa shape index (κ3) is 2.28. The molecule has 0 aliphatic heterocycles. The number of aromatic nitrogens is 2. The molecule has 0 aliphatic carbocycles. The summed E-state index contributed by atoms with van der Waals surface area (Å²) in [6, 6.07) is 6.25. The van der Waals surface area contributed by atoms with Gasteiger partial charge in [0, 0.05) is 6.07 Å². The lowest BCUT2D eigenvalue weighted by Crippen LogP contribution is -2.06. The van der Waals surface area contributed by atoms with E-state index in [0.29, 0.717) is 17.9 Å². The summed E-state index contributed by atoms with van der Waals surface area (Å²) in [5.41, 5.74) is 0.277. The second-order valence-electron chi connectivity index (χ2n) is 3.32. The van der Waals surface area contributed by atoms with Crippen molar-refractivity contribution in [1.82, 2.24) is 15.5 Å². The Hall–Kier alpha value is -2.28. The van der Waals surface area contributed by atoms with E-state index in [1.54, 1.807) is 25.2 Å². The highest BCUT2D eigenvalue weighted by atomic mass is 16.6. The standard InChI is InChI=1S/C10H10N4O3/c1-11-6-9-12-10(17-13-9)7-4-2-3-5-8(7)14(15)16/h2-5,11H,6H2,1H3. The fraction of sp³-hybridized carbons (Fsp3) is 0.200. The first kappa shape index (κ1) is 11.2. The molecule has 0 aliphatic rings. The largest absolute Gasteiger partial charge is 0.334 e. The number of benzene rings is 1. The molecule has 0 saturated carbocycles. The van der Waals surface area contributed by atoms with Gasteiger partial charge in [-0.15, -0.1) is 0 Å². The Kier molecular flexibility index (Phi) is 3.10. The SMILES string of the molecule is CNCc1noc(-c2ccccc2[N+](=O)[O-])n1. The van der Waals surface area contributed by atoms with E-state index in [2.05, 4.69) is 15.5 Å². The molecule has 0 spiro atoms. The number of nitro benzene ring substituents is 1. The highest BCUT2D eigenvalue weighted by Gasteiger charge is 2.19. The van der Waals surface area contributed by atoms with Crippen LogP contribution in [0, 0.1) is 10.1 Å². The highest BCUT2D eigenvalue weighted by Crippen LogP contribution is 2.27. The summed E-state index contributed by atoms with van der Waals surface area (Å²) in [5, 5.41) is 17.4. The van der Waals surface area contributed by atoms with Crippen molar-refractivity contribution in [2.24, 2.45) is 0 Å². The fourth-order valence-corrected chi connectivity index (χ4v) is 1.41. The lowest BCUT2D eigenvalue weighted by Gasteiger charge is -1.95. The lowest BCUT2D eigenvalue weighted by atomic mass is 10.2. The van der Waals surface area contributed by atoms with Gasteiger partial charge in [-0.05, 0) is 13.1 Å². The quantitative estimate of drug-likeness (QED) is 0.634. The lowest BCUT2D eigenvalue weighted by molar-refractivity contribution is -0.384. The molecule has 7 heteroatoms. The normalized spacial score (nSPS) is 10.4. The number of nitrogens with zero attached hydrogens (tertiary/aromatic N) is 3. The first-order valence-electron chi connectivity index (χ1n) is 4.93. The van der Waals surface area contributed by atoms with Crippen molar-refractivity contribution in [3.05, 3.63) is 40.2 Å². The molecule has 7 nitrogen and oxygen atoms in total. The average molecular weight is 234 g/mol. The van der Waals surface area contributed by atoms with Crippen LogP contribution >= 0.6 is 0 Å². The van der Waals surface area contributed by atoms with Crippen LogP contribution in [-0.2, 0) is 6.54 Å². The van der Waals surface area contributed by atoms with E-state index < -0.39 is 4.92 Å². The third-order valence-corrected chi connectivity index (χ3v) is 2.13. The Morgan fingerprint density at radius 1 is 1.47 bits per heavy atom. The zero-order chi connectivity index (χ0) is 12.3. The molecule has 0 saturated heterocycles. The van der Waals surface area contributed by atoms with Crippen LogP contribution in [0.15, 0.2) is 28.8 Å². The van der Waals surface area contributed by atoms with Gasteiger partial charge in [0.05, 0.1) is 11.5 Å². The number of para-hydroxylation sites is 1. The predicted molar refractivity (Wildman–Crippen MR) is 59.2 cm³/mol. The predicted octanol–water partition coefficient (Wildman–Crippen LogP) is 1.36. The van der Waals surface area contributed by atoms with Crippen molar-refractivity contribution < 1.29 is 9.45 Å². The van der Waals surface area contributed by atoms with Crippen molar-refractivity contribution in [2.45, 2.75) is 6.54 Å². The molecular formula is C10H10N4O3. The van der Waals surface area contributed by atoms with E-state index in [-0.39, 0.29) is 11.6 Å². The van der Waals surface area contributed by atoms with E-state index in [0.717, 1.165) is 0 Å². The smallest absolute Gasteiger partial charge is 0.282 e. The molecule has 2 aromatic rings. The Labute approximate surface area is 96.6 Å². The molecule has 1 N–H and O–H groups in total. The van der Waals surface area contributed by atoms with E-state index in [4.69, 9.17) is 4.52 Å². The van der Waals surface area contributed by atoms with E-state index >= 15 is 0 Å². The molecule has 1 heterocycles. The number of rotatable bonds is 4. The monoisotopic (exact) mass is 234 g/mol. The zero-order valence-electron chi connectivity index (χ0n) is 9.08. The summed E-state index contributed by atoms with van der Waals surface area (Å²) in [7, 11) is 1.75. The van der Waals surface area contributed by atoms with Gasteiger partial charge in [-0.25, -0.2) is 0 Å². The minimum atomic E-state index is -0.475. The minimum absolute atomic E-state index is 0.0489. The molecule has 0 atom stereocenters. The van der Waals surface area contributed by atoms with Crippen LogP contribution in [0.1, 0.15) is 5.82 Å². The minimum Gasteiger partial charge on any atom is -0.334 e. The van der Waals surface area contributed by atoms with Crippen LogP contribution in [0.5, 0.6) is 0 Å². The number of nitrogens with one attached hydrogen (secondary N) is 1. The summed E-state index contributed by atoms with van der Waals surface area (Å²) in [4.78, 5) is 14.4. The maximum atomic E-state index is 10.8. The van der Waals surface area contributed by atoms with Gasteiger partial charge in [0.15, 0.2) is 5.82 Å². The second-order valence-corrected chi connectivity index (χ2v) is 3.32. The highest BCUT2D eigenvalue weighted by molar-refractivity contribution is 5.66. The molecule has 2 rings (SSSR count). The second kappa shape index (κ2) is 4.71. The van der Waals surface area contributed by atoms with Gasteiger partial charge < -0.3 is 9.84 Å². The van der Waals surface area contributed by atoms with Crippen molar-refractivity contribution in [3.8, 4) is 11.5 Å².